The van der Waals surface area contributed by atoms with E-state index in [9.17, 15) is 0 Å². The van der Waals surface area contributed by atoms with Gasteiger partial charge in [-0.1, -0.05) is 68.5 Å². The largest absolute Gasteiger partial charge is 0.0958 e. The van der Waals surface area contributed by atoms with Crippen LogP contribution in [0.4, 0.5) is 0 Å². The Balaban J connectivity index is 2.87. The molecule has 0 unspecified atom stereocenters. The van der Waals surface area contributed by atoms with Crippen molar-refractivity contribution in [1.29, 1.82) is 0 Å². The van der Waals surface area contributed by atoms with Crippen LogP contribution >= 0.6 is 0 Å². The Morgan fingerprint density at radius 3 is 2.24 bits per heavy atom. The smallest absolute Gasteiger partial charge is 0.0187 e. The summed E-state index contributed by atoms with van der Waals surface area (Å²) in [7, 11) is 0. The van der Waals surface area contributed by atoms with Crippen molar-refractivity contribution in [3.63, 3.8) is 0 Å². The molecule has 0 aliphatic rings. The molecule has 0 atom stereocenters. The lowest BCUT2D eigenvalue weighted by Gasteiger charge is -2.04. The van der Waals surface area contributed by atoms with Gasteiger partial charge >= 0.3 is 0 Å². The summed E-state index contributed by atoms with van der Waals surface area (Å²) in [5.74, 6) is 0. The summed E-state index contributed by atoms with van der Waals surface area (Å²) in [6.07, 6.45) is 8.48. The van der Waals surface area contributed by atoms with E-state index in [1.807, 2.05) is 0 Å². The van der Waals surface area contributed by atoms with Gasteiger partial charge in [-0.05, 0) is 36.5 Å². The second-order valence-electron chi connectivity index (χ2n) is 4.14. The molecule has 0 aliphatic carbocycles. The third-order valence-corrected chi connectivity index (χ3v) is 2.96. The van der Waals surface area contributed by atoms with E-state index in [0.29, 0.717) is 0 Å². The Labute approximate surface area is 105 Å². The summed E-state index contributed by atoms with van der Waals surface area (Å²) >= 11 is 0. The monoisotopic (exact) mass is 226 g/mol. The molecule has 0 heterocycles. The highest BCUT2D eigenvalue weighted by Crippen LogP contribution is 2.18. The number of aryl methyl sites for hydroxylation is 1. The van der Waals surface area contributed by atoms with E-state index < -0.39 is 0 Å². The average molecular weight is 226 g/mol. The molecule has 0 N–H and O–H groups in total. The van der Waals surface area contributed by atoms with Gasteiger partial charge in [0.05, 0.1) is 0 Å². The summed E-state index contributed by atoms with van der Waals surface area (Å²) in [6.45, 7) is 10.4. The van der Waals surface area contributed by atoms with E-state index in [4.69, 9.17) is 0 Å². The fourth-order valence-corrected chi connectivity index (χ4v) is 1.62. The third kappa shape index (κ3) is 4.07. The van der Waals surface area contributed by atoms with Crippen molar-refractivity contribution >= 4 is 5.57 Å². The van der Waals surface area contributed by atoms with Crippen LogP contribution in [-0.2, 0) is 6.42 Å². The Morgan fingerprint density at radius 2 is 1.76 bits per heavy atom. The lowest BCUT2D eigenvalue weighted by Crippen LogP contribution is -1.84. The average Bonchev–Trinajstić information content (AvgIpc) is 2.39. The van der Waals surface area contributed by atoms with Gasteiger partial charge in [0.1, 0.15) is 0 Å². The second-order valence-corrected chi connectivity index (χ2v) is 4.14. The third-order valence-electron chi connectivity index (χ3n) is 2.96. The van der Waals surface area contributed by atoms with Crippen LogP contribution in [0.25, 0.3) is 5.57 Å². The van der Waals surface area contributed by atoms with Crippen molar-refractivity contribution in [3.05, 3.63) is 65.8 Å². The molecule has 0 amide bonds. The first-order chi connectivity index (χ1) is 8.21. The first-order valence-electron chi connectivity index (χ1n) is 6.32. The summed E-state index contributed by atoms with van der Waals surface area (Å²) in [5.41, 5.74) is 5.06. The van der Waals surface area contributed by atoms with Crippen molar-refractivity contribution in [2.24, 2.45) is 0 Å². The van der Waals surface area contributed by atoms with Crippen LogP contribution in [0.15, 0.2) is 54.6 Å². The zero-order chi connectivity index (χ0) is 12.7. The molecule has 0 bridgehead atoms. The highest BCUT2D eigenvalue weighted by Gasteiger charge is 1.97. The molecule has 1 aromatic rings. The lowest BCUT2D eigenvalue weighted by atomic mass is 10.0. The predicted octanol–water partition coefficient (Wildman–Crippen LogP) is 5.17. The number of benzene rings is 1. The van der Waals surface area contributed by atoms with Gasteiger partial charge in [-0.2, -0.15) is 0 Å². The van der Waals surface area contributed by atoms with E-state index in [1.54, 1.807) is 0 Å². The standard InChI is InChI=1S/C17H22/c1-5-14(4)8-11-16(7-3)17-12-9-15(6-2)10-13-17/h7-13H,4-6H2,1-3H3/b11-8-,16-7+. The van der Waals surface area contributed by atoms with Crippen LogP contribution in [0, 0.1) is 0 Å². The van der Waals surface area contributed by atoms with Gasteiger partial charge in [-0.3, -0.25) is 0 Å². The van der Waals surface area contributed by atoms with E-state index >= 15 is 0 Å². The van der Waals surface area contributed by atoms with Gasteiger partial charge in [-0.25, -0.2) is 0 Å². The molecule has 17 heavy (non-hydrogen) atoms. The topological polar surface area (TPSA) is 0 Å². The first-order valence-corrected chi connectivity index (χ1v) is 6.32. The van der Waals surface area contributed by atoms with Gasteiger partial charge in [0.2, 0.25) is 0 Å². The molecule has 0 saturated carbocycles. The van der Waals surface area contributed by atoms with Crippen LogP contribution in [0.1, 0.15) is 38.3 Å². The highest BCUT2D eigenvalue weighted by atomic mass is 14.0. The van der Waals surface area contributed by atoms with Crippen molar-refractivity contribution in [1.82, 2.24) is 0 Å². The fourth-order valence-electron chi connectivity index (χ4n) is 1.62. The van der Waals surface area contributed by atoms with Crippen molar-refractivity contribution < 1.29 is 0 Å². The minimum Gasteiger partial charge on any atom is -0.0958 e. The van der Waals surface area contributed by atoms with Crippen molar-refractivity contribution in [2.75, 3.05) is 0 Å². The number of allylic oxidation sites excluding steroid dienone is 5. The molecule has 0 spiro atoms. The Hall–Kier alpha value is -1.56. The summed E-state index contributed by atoms with van der Waals surface area (Å²) in [5, 5.41) is 0. The zero-order valence-electron chi connectivity index (χ0n) is 11.2. The van der Waals surface area contributed by atoms with Crippen molar-refractivity contribution in [3.8, 4) is 0 Å². The van der Waals surface area contributed by atoms with Crippen molar-refractivity contribution in [2.45, 2.75) is 33.6 Å². The maximum absolute atomic E-state index is 3.99. The van der Waals surface area contributed by atoms with Gasteiger partial charge in [0.15, 0.2) is 0 Å². The summed E-state index contributed by atoms with van der Waals surface area (Å²) in [6, 6.07) is 8.77. The molecule has 0 fully saturated rings. The second kappa shape index (κ2) is 6.90. The SMILES string of the molecule is C=C(/C=C\C(=C/C)c1ccc(CC)cc1)CC. The minimum absolute atomic E-state index is 1.00. The highest BCUT2D eigenvalue weighted by molar-refractivity contribution is 5.74. The van der Waals surface area contributed by atoms with Gasteiger partial charge in [-0.15, -0.1) is 0 Å². The van der Waals surface area contributed by atoms with Gasteiger partial charge < -0.3 is 0 Å². The first kappa shape index (κ1) is 13.5. The molecule has 0 heteroatoms. The van der Waals surface area contributed by atoms with Crippen LogP contribution in [0.5, 0.6) is 0 Å². The quantitative estimate of drug-likeness (QED) is 0.607. The molecule has 90 valence electrons. The Kier molecular flexibility index (Phi) is 5.48. The number of hydrogen-bond donors (Lipinski definition) is 0. The van der Waals surface area contributed by atoms with E-state index in [1.165, 1.54) is 16.7 Å². The zero-order valence-corrected chi connectivity index (χ0v) is 11.2. The number of hydrogen-bond acceptors (Lipinski definition) is 0. The fraction of sp³-hybridized carbons (Fsp3) is 0.294. The number of rotatable bonds is 5. The van der Waals surface area contributed by atoms with E-state index in [-0.39, 0.29) is 0 Å². The van der Waals surface area contributed by atoms with Gasteiger partial charge in [0.25, 0.3) is 0 Å². The van der Waals surface area contributed by atoms with Crippen LogP contribution < -0.4 is 0 Å². The summed E-state index contributed by atoms with van der Waals surface area (Å²) in [4.78, 5) is 0. The molecule has 0 aromatic heterocycles. The molecule has 1 rings (SSSR count). The molecule has 1 aromatic carbocycles. The van der Waals surface area contributed by atoms with Gasteiger partial charge in [0, 0.05) is 0 Å². The van der Waals surface area contributed by atoms with E-state index in [0.717, 1.165) is 18.4 Å². The predicted molar refractivity (Wildman–Crippen MR) is 78.0 cm³/mol. The lowest BCUT2D eigenvalue weighted by molar-refractivity contribution is 1.14. The molecule has 0 saturated heterocycles. The molecule has 0 nitrogen and oxygen atoms in total. The molecular weight excluding hydrogens is 204 g/mol. The molecular formula is C17H22. The minimum atomic E-state index is 1.00. The molecule has 0 radical (unpaired) electrons. The maximum Gasteiger partial charge on any atom is -0.0187 e. The van der Waals surface area contributed by atoms with Crippen LogP contribution in [0.3, 0.4) is 0 Å². The summed E-state index contributed by atoms with van der Waals surface area (Å²) < 4.78 is 0. The Bertz CT molecular complexity index is 416. The van der Waals surface area contributed by atoms with E-state index in [2.05, 4.69) is 69.8 Å². The van der Waals surface area contributed by atoms with Crippen LogP contribution in [0.2, 0.25) is 0 Å². The maximum atomic E-state index is 3.99. The van der Waals surface area contributed by atoms with Crippen LogP contribution in [-0.4, -0.2) is 0 Å². The molecule has 0 aliphatic heterocycles. The Morgan fingerprint density at radius 1 is 1.12 bits per heavy atom. The normalized spacial score (nSPS) is 12.1.